The first-order valence-electron chi connectivity index (χ1n) is 9.79. The highest BCUT2D eigenvalue weighted by Crippen LogP contribution is 2.32. The van der Waals surface area contributed by atoms with E-state index in [0.29, 0.717) is 24.7 Å². The number of rotatable bonds is 6. The number of hydrogen-bond donors (Lipinski definition) is 2. The average Bonchev–Trinajstić information content (AvgIpc) is 2.73. The smallest absolute Gasteiger partial charge is 0.240 e. The predicted octanol–water partition coefficient (Wildman–Crippen LogP) is 2.32. The SMILES string of the molecule is O=C(CCNS(=O)(=O)c1ccc2c(c1)OCCO2)N[C@H]1CCCc2ccccc21. The van der Waals surface area contributed by atoms with Gasteiger partial charge in [-0.3, -0.25) is 4.79 Å². The highest BCUT2D eigenvalue weighted by molar-refractivity contribution is 7.89. The van der Waals surface area contributed by atoms with Crippen molar-refractivity contribution in [1.29, 1.82) is 0 Å². The Bertz CT molecular complexity index is 1010. The van der Waals surface area contributed by atoms with Gasteiger partial charge in [-0.15, -0.1) is 0 Å². The first kappa shape index (κ1) is 19.7. The van der Waals surface area contributed by atoms with Gasteiger partial charge in [-0.05, 0) is 42.5 Å². The van der Waals surface area contributed by atoms with Gasteiger partial charge in [0, 0.05) is 19.0 Å². The topological polar surface area (TPSA) is 93.7 Å². The second kappa shape index (κ2) is 8.42. The quantitative estimate of drug-likeness (QED) is 0.754. The normalized spacial score (nSPS) is 18.0. The number of ether oxygens (including phenoxy) is 2. The lowest BCUT2D eigenvalue weighted by atomic mass is 9.88. The zero-order valence-electron chi connectivity index (χ0n) is 16.0. The van der Waals surface area contributed by atoms with Gasteiger partial charge in [0.2, 0.25) is 15.9 Å². The van der Waals surface area contributed by atoms with E-state index in [1.165, 1.54) is 17.7 Å². The number of sulfonamides is 1. The average molecular weight is 416 g/mol. The molecule has 2 aliphatic rings. The van der Waals surface area contributed by atoms with Crippen molar-refractivity contribution in [2.45, 2.75) is 36.6 Å². The number of fused-ring (bicyclic) bond motifs is 2. The van der Waals surface area contributed by atoms with E-state index in [2.05, 4.69) is 16.1 Å². The van der Waals surface area contributed by atoms with Gasteiger partial charge < -0.3 is 14.8 Å². The molecule has 0 saturated carbocycles. The van der Waals surface area contributed by atoms with Crippen molar-refractivity contribution in [2.24, 2.45) is 0 Å². The first-order chi connectivity index (χ1) is 14.0. The molecule has 1 amide bonds. The van der Waals surface area contributed by atoms with Gasteiger partial charge in [-0.2, -0.15) is 0 Å². The summed E-state index contributed by atoms with van der Waals surface area (Å²) in [5.74, 6) is 0.770. The fourth-order valence-corrected chi connectivity index (χ4v) is 4.79. The lowest BCUT2D eigenvalue weighted by Gasteiger charge is -2.26. The van der Waals surface area contributed by atoms with E-state index in [0.717, 1.165) is 24.8 Å². The molecule has 0 bridgehead atoms. The van der Waals surface area contributed by atoms with Crippen LogP contribution in [0.1, 0.15) is 36.4 Å². The Labute approximate surface area is 170 Å². The highest BCUT2D eigenvalue weighted by Gasteiger charge is 2.22. The molecule has 4 rings (SSSR count). The Morgan fingerprint density at radius 2 is 1.86 bits per heavy atom. The lowest BCUT2D eigenvalue weighted by molar-refractivity contribution is -0.121. The van der Waals surface area contributed by atoms with E-state index >= 15 is 0 Å². The van der Waals surface area contributed by atoms with E-state index in [9.17, 15) is 13.2 Å². The van der Waals surface area contributed by atoms with Crippen molar-refractivity contribution in [1.82, 2.24) is 10.0 Å². The molecule has 154 valence electrons. The van der Waals surface area contributed by atoms with Crippen molar-refractivity contribution in [3.05, 3.63) is 53.6 Å². The van der Waals surface area contributed by atoms with Crippen LogP contribution >= 0.6 is 0 Å². The number of carbonyl (C=O) groups is 1. The monoisotopic (exact) mass is 416 g/mol. The Morgan fingerprint density at radius 3 is 2.72 bits per heavy atom. The van der Waals surface area contributed by atoms with E-state index < -0.39 is 10.0 Å². The highest BCUT2D eigenvalue weighted by atomic mass is 32.2. The fraction of sp³-hybridized carbons (Fsp3) is 0.381. The van der Waals surface area contributed by atoms with Gasteiger partial charge in [0.05, 0.1) is 10.9 Å². The molecule has 0 radical (unpaired) electrons. The van der Waals surface area contributed by atoms with Gasteiger partial charge in [0.1, 0.15) is 13.2 Å². The van der Waals surface area contributed by atoms with Crippen LogP contribution in [0.4, 0.5) is 0 Å². The van der Waals surface area contributed by atoms with Gasteiger partial charge in [-0.25, -0.2) is 13.1 Å². The summed E-state index contributed by atoms with van der Waals surface area (Å²) in [6.07, 6.45) is 3.02. The summed E-state index contributed by atoms with van der Waals surface area (Å²) in [5, 5.41) is 3.03. The van der Waals surface area contributed by atoms with E-state index in [1.54, 1.807) is 6.07 Å². The number of hydrogen-bond acceptors (Lipinski definition) is 5. The molecule has 0 fully saturated rings. The van der Waals surface area contributed by atoms with Gasteiger partial charge in [0.15, 0.2) is 11.5 Å². The summed E-state index contributed by atoms with van der Waals surface area (Å²) >= 11 is 0. The van der Waals surface area contributed by atoms with Crippen LogP contribution in [0.2, 0.25) is 0 Å². The van der Waals surface area contributed by atoms with Crippen molar-refractivity contribution in [3.63, 3.8) is 0 Å². The number of benzene rings is 2. The van der Waals surface area contributed by atoms with Crippen LogP contribution in [0.5, 0.6) is 11.5 Å². The summed E-state index contributed by atoms with van der Waals surface area (Å²) in [6, 6.07) is 12.6. The number of nitrogens with one attached hydrogen (secondary N) is 2. The Morgan fingerprint density at radius 1 is 1.07 bits per heavy atom. The molecule has 0 aromatic heterocycles. The molecule has 29 heavy (non-hydrogen) atoms. The number of amides is 1. The molecular weight excluding hydrogens is 392 g/mol. The molecule has 1 heterocycles. The predicted molar refractivity (Wildman–Crippen MR) is 108 cm³/mol. The molecule has 2 N–H and O–H groups in total. The third kappa shape index (κ3) is 4.54. The summed E-state index contributed by atoms with van der Waals surface area (Å²) in [4.78, 5) is 12.4. The maximum atomic E-state index is 12.5. The van der Waals surface area contributed by atoms with Crippen LogP contribution < -0.4 is 19.5 Å². The van der Waals surface area contributed by atoms with E-state index in [-0.39, 0.29) is 29.8 Å². The zero-order valence-corrected chi connectivity index (χ0v) is 16.8. The lowest BCUT2D eigenvalue weighted by Crippen LogP contribution is -2.34. The Kier molecular flexibility index (Phi) is 5.73. The van der Waals surface area contributed by atoms with Crippen LogP contribution in [0.3, 0.4) is 0 Å². The molecule has 1 aliphatic heterocycles. The second-order valence-corrected chi connectivity index (χ2v) is 8.93. The molecule has 0 unspecified atom stereocenters. The van der Waals surface area contributed by atoms with Crippen LogP contribution in [0.25, 0.3) is 0 Å². The molecular formula is C21H24N2O5S. The molecule has 2 aromatic rings. The van der Waals surface area contributed by atoms with Crippen LogP contribution in [0.15, 0.2) is 47.4 Å². The standard InChI is InChI=1S/C21H24N2O5S/c24-21(23-18-7-3-5-15-4-1-2-6-17(15)18)10-11-22-29(25,26)16-8-9-19-20(14-16)28-13-12-27-19/h1-2,4,6,8-9,14,18,22H,3,5,7,10-13H2,(H,23,24)/t18-/m0/s1. The zero-order chi connectivity index (χ0) is 20.3. The summed E-state index contributed by atoms with van der Waals surface area (Å²) < 4.78 is 38.4. The molecule has 8 heteroatoms. The van der Waals surface area contributed by atoms with Gasteiger partial charge in [-0.1, -0.05) is 24.3 Å². The van der Waals surface area contributed by atoms with Crippen LogP contribution in [-0.2, 0) is 21.2 Å². The van der Waals surface area contributed by atoms with Gasteiger partial charge >= 0.3 is 0 Å². The fourth-order valence-electron chi connectivity index (χ4n) is 3.74. The summed E-state index contributed by atoms with van der Waals surface area (Å²) in [5.41, 5.74) is 2.42. The largest absolute Gasteiger partial charge is 0.486 e. The third-order valence-electron chi connectivity index (χ3n) is 5.17. The van der Waals surface area contributed by atoms with Gasteiger partial charge in [0.25, 0.3) is 0 Å². The van der Waals surface area contributed by atoms with Crippen molar-refractivity contribution in [3.8, 4) is 11.5 Å². The van der Waals surface area contributed by atoms with Crippen LogP contribution in [-0.4, -0.2) is 34.1 Å². The summed E-state index contributed by atoms with van der Waals surface area (Å²) in [7, 11) is -3.74. The van der Waals surface area contributed by atoms with Crippen LogP contribution in [0, 0.1) is 0 Å². The number of carbonyl (C=O) groups excluding carboxylic acids is 1. The van der Waals surface area contributed by atoms with Crippen molar-refractivity contribution in [2.75, 3.05) is 19.8 Å². The minimum Gasteiger partial charge on any atom is -0.486 e. The van der Waals surface area contributed by atoms with E-state index in [1.807, 2.05) is 18.2 Å². The minimum atomic E-state index is -3.74. The first-order valence-corrected chi connectivity index (χ1v) is 11.3. The second-order valence-electron chi connectivity index (χ2n) is 7.16. The maximum Gasteiger partial charge on any atom is 0.240 e. The molecule has 7 nitrogen and oxygen atoms in total. The van der Waals surface area contributed by atoms with E-state index in [4.69, 9.17) is 9.47 Å². The molecule has 0 saturated heterocycles. The van der Waals surface area contributed by atoms with Crippen molar-refractivity contribution < 1.29 is 22.7 Å². The maximum absolute atomic E-state index is 12.5. The molecule has 0 spiro atoms. The number of aryl methyl sites for hydroxylation is 1. The summed E-state index contributed by atoms with van der Waals surface area (Å²) in [6.45, 7) is 0.850. The Balaban J connectivity index is 1.32. The van der Waals surface area contributed by atoms with Crippen molar-refractivity contribution >= 4 is 15.9 Å². The molecule has 2 aromatic carbocycles. The molecule has 1 atom stereocenters. The minimum absolute atomic E-state index is 0.0122. The third-order valence-corrected chi connectivity index (χ3v) is 6.63. The Hall–Kier alpha value is -2.58. The molecule has 1 aliphatic carbocycles.